The Bertz CT molecular complexity index is 253. The SMILES string of the molecule is CCCCNC(=O)C(=O)N(CC(C)C)CC(C)C. The number of unbranched alkanes of at least 4 members (excludes halogenated alkanes) is 1. The van der Waals surface area contributed by atoms with Crippen LogP contribution in [-0.4, -0.2) is 36.3 Å². The Kier molecular flexibility index (Phi) is 8.42. The summed E-state index contributed by atoms with van der Waals surface area (Å²) in [5.74, 6) is -0.120. The van der Waals surface area contributed by atoms with Crippen LogP contribution in [0.15, 0.2) is 0 Å². The van der Waals surface area contributed by atoms with Crippen molar-refractivity contribution < 1.29 is 9.59 Å². The zero-order chi connectivity index (χ0) is 14.1. The molecule has 0 aromatic heterocycles. The number of amides is 2. The minimum atomic E-state index is -0.468. The summed E-state index contributed by atoms with van der Waals surface area (Å²) in [5, 5.41) is 2.68. The summed E-state index contributed by atoms with van der Waals surface area (Å²) in [5.41, 5.74) is 0. The molecule has 0 heterocycles. The van der Waals surface area contributed by atoms with E-state index >= 15 is 0 Å². The molecule has 0 aliphatic rings. The van der Waals surface area contributed by atoms with Crippen molar-refractivity contribution in [2.45, 2.75) is 47.5 Å². The summed E-state index contributed by atoms with van der Waals surface area (Å²) in [4.78, 5) is 25.4. The monoisotopic (exact) mass is 256 g/mol. The van der Waals surface area contributed by atoms with Crippen LogP contribution < -0.4 is 5.32 Å². The Morgan fingerprint density at radius 2 is 1.56 bits per heavy atom. The topological polar surface area (TPSA) is 49.4 Å². The van der Waals surface area contributed by atoms with Gasteiger partial charge in [-0.2, -0.15) is 0 Å². The Morgan fingerprint density at radius 3 is 1.94 bits per heavy atom. The lowest BCUT2D eigenvalue weighted by Gasteiger charge is -2.25. The maximum Gasteiger partial charge on any atom is 0.311 e. The van der Waals surface area contributed by atoms with Gasteiger partial charge in [0.25, 0.3) is 0 Å². The molecule has 4 heteroatoms. The highest BCUT2D eigenvalue weighted by Gasteiger charge is 2.22. The van der Waals surface area contributed by atoms with Gasteiger partial charge < -0.3 is 10.2 Å². The van der Waals surface area contributed by atoms with Gasteiger partial charge in [-0.15, -0.1) is 0 Å². The molecule has 0 fully saturated rings. The minimum Gasteiger partial charge on any atom is -0.348 e. The molecule has 0 bridgehead atoms. The molecule has 0 spiro atoms. The Labute approximate surface area is 111 Å². The second kappa shape index (κ2) is 8.95. The number of hydrogen-bond acceptors (Lipinski definition) is 2. The van der Waals surface area contributed by atoms with E-state index < -0.39 is 11.8 Å². The number of nitrogens with zero attached hydrogens (tertiary/aromatic N) is 1. The molecule has 0 atom stereocenters. The van der Waals surface area contributed by atoms with Crippen molar-refractivity contribution in [2.24, 2.45) is 11.8 Å². The van der Waals surface area contributed by atoms with Crippen LogP contribution in [0.25, 0.3) is 0 Å². The Morgan fingerprint density at radius 1 is 1.06 bits per heavy atom. The molecule has 1 N–H and O–H groups in total. The molecule has 4 nitrogen and oxygen atoms in total. The number of nitrogens with one attached hydrogen (secondary N) is 1. The van der Waals surface area contributed by atoms with E-state index in [0.717, 1.165) is 12.8 Å². The number of carbonyl (C=O) groups is 2. The zero-order valence-electron chi connectivity index (χ0n) is 12.5. The molecule has 0 aliphatic carbocycles. The molecule has 0 aromatic rings. The highest BCUT2D eigenvalue weighted by Crippen LogP contribution is 2.04. The molecule has 0 rings (SSSR count). The predicted octanol–water partition coefficient (Wildman–Crippen LogP) is 2.04. The predicted molar refractivity (Wildman–Crippen MR) is 74.2 cm³/mol. The van der Waals surface area contributed by atoms with Crippen LogP contribution in [0.3, 0.4) is 0 Å². The number of rotatable bonds is 7. The molecule has 0 aliphatic heterocycles. The van der Waals surface area contributed by atoms with Crippen molar-refractivity contribution in [2.75, 3.05) is 19.6 Å². The smallest absolute Gasteiger partial charge is 0.311 e. The fourth-order valence-electron chi connectivity index (χ4n) is 1.72. The summed E-state index contributed by atoms with van der Waals surface area (Å²) < 4.78 is 0. The third kappa shape index (κ3) is 7.30. The molecule has 2 amide bonds. The van der Waals surface area contributed by atoms with E-state index in [1.165, 1.54) is 0 Å². The van der Waals surface area contributed by atoms with Gasteiger partial charge in [0.2, 0.25) is 0 Å². The summed E-state index contributed by atoms with van der Waals surface area (Å²) in [6, 6.07) is 0. The van der Waals surface area contributed by atoms with Gasteiger partial charge in [-0.1, -0.05) is 41.0 Å². The van der Waals surface area contributed by atoms with Gasteiger partial charge in [-0.3, -0.25) is 9.59 Å². The average molecular weight is 256 g/mol. The zero-order valence-corrected chi connectivity index (χ0v) is 12.5. The fraction of sp³-hybridized carbons (Fsp3) is 0.857. The molecule has 0 aromatic carbocycles. The van der Waals surface area contributed by atoms with Crippen molar-refractivity contribution in [3.63, 3.8) is 0 Å². The van der Waals surface area contributed by atoms with Crippen molar-refractivity contribution in [3.05, 3.63) is 0 Å². The van der Waals surface area contributed by atoms with E-state index in [9.17, 15) is 9.59 Å². The Balaban J connectivity index is 4.38. The molecule has 18 heavy (non-hydrogen) atoms. The van der Waals surface area contributed by atoms with E-state index in [2.05, 4.69) is 39.9 Å². The minimum absolute atomic E-state index is 0.371. The van der Waals surface area contributed by atoms with Gasteiger partial charge in [0.05, 0.1) is 0 Å². The van der Waals surface area contributed by atoms with Crippen LogP contribution >= 0.6 is 0 Å². The number of hydrogen-bond donors (Lipinski definition) is 1. The highest BCUT2D eigenvalue weighted by molar-refractivity contribution is 6.35. The molecular formula is C14H28N2O2. The van der Waals surface area contributed by atoms with E-state index in [-0.39, 0.29) is 0 Å². The largest absolute Gasteiger partial charge is 0.348 e. The van der Waals surface area contributed by atoms with Crippen molar-refractivity contribution in [1.82, 2.24) is 10.2 Å². The lowest BCUT2D eigenvalue weighted by molar-refractivity contribution is -0.146. The molecule has 0 saturated carbocycles. The van der Waals surface area contributed by atoms with Crippen LogP contribution in [0.1, 0.15) is 47.5 Å². The second-order valence-electron chi connectivity index (χ2n) is 5.61. The molecular weight excluding hydrogens is 228 g/mol. The fourth-order valence-corrected chi connectivity index (χ4v) is 1.72. The molecule has 0 saturated heterocycles. The Hall–Kier alpha value is -1.06. The van der Waals surface area contributed by atoms with Crippen LogP contribution in [0.4, 0.5) is 0 Å². The molecule has 0 radical (unpaired) electrons. The maximum atomic E-state index is 12.0. The molecule has 106 valence electrons. The van der Waals surface area contributed by atoms with Crippen LogP contribution in [0.5, 0.6) is 0 Å². The van der Waals surface area contributed by atoms with Gasteiger partial charge >= 0.3 is 11.8 Å². The summed E-state index contributed by atoms with van der Waals surface area (Å²) in [6.45, 7) is 12.1. The van der Waals surface area contributed by atoms with Gasteiger partial charge in [-0.25, -0.2) is 0 Å². The van der Waals surface area contributed by atoms with Crippen molar-refractivity contribution in [3.8, 4) is 0 Å². The summed E-state index contributed by atoms with van der Waals surface area (Å²) in [7, 11) is 0. The van der Waals surface area contributed by atoms with E-state index in [1.807, 2.05) is 0 Å². The molecule has 0 unspecified atom stereocenters. The standard InChI is InChI=1S/C14H28N2O2/c1-6-7-8-15-13(17)14(18)16(9-11(2)3)10-12(4)5/h11-12H,6-10H2,1-5H3,(H,15,17). The first-order valence-corrected chi connectivity index (χ1v) is 6.95. The maximum absolute atomic E-state index is 12.0. The summed E-state index contributed by atoms with van der Waals surface area (Å²) in [6.07, 6.45) is 1.92. The first kappa shape index (κ1) is 16.9. The van der Waals surface area contributed by atoms with E-state index in [4.69, 9.17) is 0 Å². The van der Waals surface area contributed by atoms with Gasteiger partial charge in [0, 0.05) is 19.6 Å². The van der Waals surface area contributed by atoms with Crippen LogP contribution in [-0.2, 0) is 9.59 Å². The van der Waals surface area contributed by atoms with Gasteiger partial charge in [0.1, 0.15) is 0 Å². The van der Waals surface area contributed by atoms with Gasteiger partial charge in [0.15, 0.2) is 0 Å². The van der Waals surface area contributed by atoms with Crippen LogP contribution in [0, 0.1) is 11.8 Å². The lowest BCUT2D eigenvalue weighted by atomic mass is 10.1. The van der Waals surface area contributed by atoms with Crippen LogP contribution in [0.2, 0.25) is 0 Å². The van der Waals surface area contributed by atoms with Crippen molar-refractivity contribution in [1.29, 1.82) is 0 Å². The lowest BCUT2D eigenvalue weighted by Crippen LogP contribution is -2.46. The third-order valence-electron chi connectivity index (χ3n) is 2.47. The normalized spacial score (nSPS) is 10.8. The van der Waals surface area contributed by atoms with Gasteiger partial charge in [-0.05, 0) is 18.3 Å². The average Bonchev–Trinajstić information content (AvgIpc) is 2.26. The van der Waals surface area contributed by atoms with E-state index in [0.29, 0.717) is 31.5 Å². The number of carbonyl (C=O) groups excluding carboxylic acids is 2. The highest BCUT2D eigenvalue weighted by atomic mass is 16.2. The second-order valence-corrected chi connectivity index (χ2v) is 5.61. The first-order chi connectivity index (χ1) is 8.38. The van der Waals surface area contributed by atoms with E-state index in [1.54, 1.807) is 4.90 Å². The third-order valence-corrected chi connectivity index (χ3v) is 2.47. The quantitative estimate of drug-likeness (QED) is 0.560. The first-order valence-electron chi connectivity index (χ1n) is 6.95. The summed E-state index contributed by atoms with van der Waals surface area (Å²) >= 11 is 0. The van der Waals surface area contributed by atoms with Crippen molar-refractivity contribution >= 4 is 11.8 Å².